The Kier molecular flexibility index (Phi) is 5.27. The van der Waals surface area contributed by atoms with E-state index in [1.165, 1.54) is 22.8 Å². The Morgan fingerprint density at radius 3 is 2.69 bits per heavy atom. The molecule has 1 N–H and O–H groups in total. The second-order valence-electron chi connectivity index (χ2n) is 6.92. The predicted molar refractivity (Wildman–Crippen MR) is 98.8 cm³/mol. The number of hydrogen-bond acceptors (Lipinski definition) is 6. The number of benzene rings is 1. The molecule has 1 fully saturated rings. The SMILES string of the molecule is O=c1cc(C2C=NNC2)nc(C2CCOC2)n1-c1ccc(OCC(F)(F)F)cc1. The molecule has 2 aliphatic heterocycles. The van der Waals surface area contributed by atoms with E-state index in [9.17, 15) is 18.0 Å². The van der Waals surface area contributed by atoms with Crippen LogP contribution in [-0.4, -0.2) is 48.3 Å². The van der Waals surface area contributed by atoms with E-state index in [0.29, 0.717) is 37.0 Å². The number of ether oxygens (including phenoxy) is 2. The minimum atomic E-state index is -4.41. The highest BCUT2D eigenvalue weighted by Gasteiger charge is 2.29. The van der Waals surface area contributed by atoms with Crippen molar-refractivity contribution in [3.05, 3.63) is 52.2 Å². The largest absolute Gasteiger partial charge is 0.484 e. The Labute approximate surface area is 164 Å². The zero-order chi connectivity index (χ0) is 20.4. The molecule has 0 radical (unpaired) electrons. The number of aromatic nitrogens is 2. The van der Waals surface area contributed by atoms with Crippen molar-refractivity contribution in [2.24, 2.45) is 5.10 Å². The second kappa shape index (κ2) is 7.86. The molecule has 1 aromatic heterocycles. The summed E-state index contributed by atoms with van der Waals surface area (Å²) in [5.74, 6) is 0.517. The maximum atomic E-state index is 13.0. The maximum Gasteiger partial charge on any atom is 0.422 e. The minimum absolute atomic E-state index is 0.0462. The number of halogens is 3. The highest BCUT2D eigenvalue weighted by atomic mass is 19.4. The molecule has 29 heavy (non-hydrogen) atoms. The summed E-state index contributed by atoms with van der Waals surface area (Å²) in [4.78, 5) is 17.7. The standard InChI is InChI=1S/C19H19F3N4O3/c20-19(21,22)11-29-15-3-1-14(2-4-15)26-17(27)7-16(13-8-23-24-9-13)25-18(26)12-5-6-28-10-12/h1-4,7-8,12-13,24H,5-6,9-11H2. The summed E-state index contributed by atoms with van der Waals surface area (Å²) in [6.07, 6.45) is -1.96. The van der Waals surface area contributed by atoms with Crippen LogP contribution in [0, 0.1) is 0 Å². The monoisotopic (exact) mass is 408 g/mol. The summed E-state index contributed by atoms with van der Waals surface area (Å²) in [6.45, 7) is 0.244. The fourth-order valence-electron chi connectivity index (χ4n) is 3.36. The number of alkyl halides is 3. The molecule has 0 bridgehead atoms. The van der Waals surface area contributed by atoms with E-state index >= 15 is 0 Å². The molecule has 1 saturated heterocycles. The third-order valence-electron chi connectivity index (χ3n) is 4.79. The topological polar surface area (TPSA) is 77.7 Å². The van der Waals surface area contributed by atoms with Gasteiger partial charge >= 0.3 is 6.18 Å². The van der Waals surface area contributed by atoms with Gasteiger partial charge in [-0.05, 0) is 30.7 Å². The summed E-state index contributed by atoms with van der Waals surface area (Å²) < 4.78 is 48.7. The summed E-state index contributed by atoms with van der Waals surface area (Å²) in [6, 6.07) is 7.38. The zero-order valence-electron chi connectivity index (χ0n) is 15.4. The van der Waals surface area contributed by atoms with Crippen LogP contribution in [0.3, 0.4) is 0 Å². The zero-order valence-corrected chi connectivity index (χ0v) is 15.4. The van der Waals surface area contributed by atoms with Gasteiger partial charge in [0.15, 0.2) is 6.61 Å². The van der Waals surface area contributed by atoms with E-state index in [4.69, 9.17) is 14.5 Å². The fraction of sp³-hybridized carbons (Fsp3) is 0.421. The van der Waals surface area contributed by atoms with Crippen LogP contribution in [0.5, 0.6) is 5.75 Å². The first-order chi connectivity index (χ1) is 13.9. The average molecular weight is 408 g/mol. The summed E-state index contributed by atoms with van der Waals surface area (Å²) in [5.41, 5.74) is 3.73. The lowest BCUT2D eigenvalue weighted by Crippen LogP contribution is -2.27. The van der Waals surface area contributed by atoms with Crippen molar-refractivity contribution in [3.63, 3.8) is 0 Å². The van der Waals surface area contributed by atoms with Crippen LogP contribution < -0.4 is 15.7 Å². The van der Waals surface area contributed by atoms with Gasteiger partial charge in [-0.2, -0.15) is 18.3 Å². The third-order valence-corrected chi connectivity index (χ3v) is 4.79. The Morgan fingerprint density at radius 1 is 1.28 bits per heavy atom. The van der Waals surface area contributed by atoms with Gasteiger partial charge < -0.3 is 14.9 Å². The summed E-state index contributed by atoms with van der Waals surface area (Å²) >= 11 is 0. The first-order valence-electron chi connectivity index (χ1n) is 9.18. The van der Waals surface area contributed by atoms with Crippen LogP contribution in [0.4, 0.5) is 13.2 Å². The lowest BCUT2D eigenvalue weighted by molar-refractivity contribution is -0.153. The highest BCUT2D eigenvalue weighted by molar-refractivity contribution is 5.68. The molecule has 4 rings (SSSR count). The number of nitrogens with zero attached hydrogens (tertiary/aromatic N) is 3. The van der Waals surface area contributed by atoms with Crippen molar-refractivity contribution in [3.8, 4) is 11.4 Å². The Bertz CT molecular complexity index is 951. The quantitative estimate of drug-likeness (QED) is 0.822. The van der Waals surface area contributed by atoms with Gasteiger partial charge in [0.2, 0.25) is 0 Å². The van der Waals surface area contributed by atoms with Crippen LogP contribution in [0.2, 0.25) is 0 Å². The van der Waals surface area contributed by atoms with Gasteiger partial charge in [-0.3, -0.25) is 9.36 Å². The van der Waals surface area contributed by atoms with Gasteiger partial charge in [-0.25, -0.2) is 4.98 Å². The van der Waals surface area contributed by atoms with E-state index in [2.05, 4.69) is 10.5 Å². The molecule has 2 aliphatic rings. The molecule has 0 spiro atoms. The van der Waals surface area contributed by atoms with Gasteiger partial charge in [0.1, 0.15) is 11.6 Å². The van der Waals surface area contributed by atoms with E-state index in [0.717, 1.165) is 6.42 Å². The van der Waals surface area contributed by atoms with Crippen molar-refractivity contribution in [1.82, 2.24) is 15.0 Å². The molecule has 1 aromatic carbocycles. The van der Waals surface area contributed by atoms with Crippen LogP contribution in [-0.2, 0) is 4.74 Å². The lowest BCUT2D eigenvalue weighted by atomic mass is 10.0. The minimum Gasteiger partial charge on any atom is -0.484 e. The Hall–Kier alpha value is -2.88. The van der Waals surface area contributed by atoms with E-state index < -0.39 is 12.8 Å². The number of hydrogen-bond donors (Lipinski definition) is 1. The van der Waals surface area contributed by atoms with Gasteiger partial charge in [0.05, 0.1) is 23.9 Å². The molecule has 2 unspecified atom stereocenters. The van der Waals surface area contributed by atoms with Gasteiger partial charge in [0.25, 0.3) is 5.56 Å². The van der Waals surface area contributed by atoms with Gasteiger partial charge in [-0.15, -0.1) is 0 Å². The lowest BCUT2D eigenvalue weighted by Gasteiger charge is -2.18. The molecule has 0 amide bonds. The number of nitrogens with one attached hydrogen (secondary N) is 1. The molecule has 3 heterocycles. The molecule has 0 saturated carbocycles. The maximum absolute atomic E-state index is 13.0. The van der Waals surface area contributed by atoms with Crippen LogP contribution in [0.1, 0.15) is 29.8 Å². The highest BCUT2D eigenvalue weighted by Crippen LogP contribution is 2.27. The van der Waals surface area contributed by atoms with E-state index in [1.54, 1.807) is 18.3 Å². The Balaban J connectivity index is 1.68. The molecular formula is C19H19F3N4O3. The first kappa shape index (κ1) is 19.4. The molecule has 10 heteroatoms. The van der Waals surface area contributed by atoms with E-state index in [1.807, 2.05) is 0 Å². The molecule has 2 aromatic rings. The Morgan fingerprint density at radius 2 is 2.07 bits per heavy atom. The molecule has 7 nitrogen and oxygen atoms in total. The summed E-state index contributed by atoms with van der Waals surface area (Å²) in [7, 11) is 0. The van der Waals surface area contributed by atoms with Crippen LogP contribution in [0.25, 0.3) is 5.69 Å². The van der Waals surface area contributed by atoms with Gasteiger partial charge in [-0.1, -0.05) is 0 Å². The molecule has 2 atom stereocenters. The summed E-state index contributed by atoms with van der Waals surface area (Å²) in [5, 5.41) is 3.98. The fourth-order valence-corrected chi connectivity index (χ4v) is 3.36. The number of rotatable bonds is 5. The van der Waals surface area contributed by atoms with Crippen molar-refractivity contribution in [1.29, 1.82) is 0 Å². The van der Waals surface area contributed by atoms with Crippen molar-refractivity contribution in [2.45, 2.75) is 24.4 Å². The van der Waals surface area contributed by atoms with Crippen molar-refractivity contribution in [2.75, 3.05) is 26.4 Å². The van der Waals surface area contributed by atoms with Crippen molar-refractivity contribution >= 4 is 6.21 Å². The van der Waals surface area contributed by atoms with Crippen LogP contribution in [0.15, 0.2) is 40.2 Å². The number of hydrazone groups is 1. The van der Waals surface area contributed by atoms with Gasteiger partial charge in [0, 0.05) is 31.4 Å². The molecule has 0 aliphatic carbocycles. The van der Waals surface area contributed by atoms with E-state index in [-0.39, 0.29) is 23.1 Å². The first-order valence-corrected chi connectivity index (χ1v) is 9.18. The van der Waals surface area contributed by atoms with Crippen molar-refractivity contribution < 1.29 is 22.6 Å². The molecular weight excluding hydrogens is 389 g/mol. The molecule has 154 valence electrons. The normalized spacial score (nSPS) is 21.3. The van der Waals surface area contributed by atoms with Crippen LogP contribution >= 0.6 is 0 Å². The third kappa shape index (κ3) is 4.42. The second-order valence-corrected chi connectivity index (χ2v) is 6.92. The average Bonchev–Trinajstić information content (AvgIpc) is 3.39. The smallest absolute Gasteiger partial charge is 0.422 e. The predicted octanol–water partition coefficient (Wildman–Crippen LogP) is 2.35.